The molecule has 0 aromatic heterocycles. The fourth-order valence-electron chi connectivity index (χ4n) is 2.53. The average molecular weight is 431 g/mol. The molecule has 28 heavy (non-hydrogen) atoms. The van der Waals surface area contributed by atoms with Crippen molar-refractivity contribution in [2.24, 2.45) is 0 Å². The summed E-state index contributed by atoms with van der Waals surface area (Å²) in [6.45, 7) is 2.05. The van der Waals surface area contributed by atoms with E-state index in [1.165, 1.54) is 0 Å². The summed E-state index contributed by atoms with van der Waals surface area (Å²) >= 11 is 3.60. The molecule has 3 heteroatoms. The van der Waals surface area contributed by atoms with Gasteiger partial charge in [-0.05, 0) is 89.1 Å². The second kappa shape index (κ2) is 9.18. The minimum atomic E-state index is 0.818. The van der Waals surface area contributed by atoms with E-state index in [-0.39, 0.29) is 0 Å². The van der Waals surface area contributed by atoms with Gasteiger partial charge >= 0.3 is 0 Å². The zero-order valence-corrected chi connectivity index (χ0v) is 17.6. The fourth-order valence-corrected chi connectivity index (χ4v) is 3.09. The van der Waals surface area contributed by atoms with Crippen molar-refractivity contribution in [3.8, 4) is 35.2 Å². The van der Waals surface area contributed by atoms with Crippen LogP contribution in [0.5, 0.6) is 11.5 Å². The van der Waals surface area contributed by atoms with Crippen molar-refractivity contribution < 1.29 is 9.47 Å². The molecule has 3 rings (SSSR count). The quantitative estimate of drug-likeness (QED) is 0.494. The first-order valence-corrected chi connectivity index (χ1v) is 9.50. The molecule has 0 unspecified atom stereocenters. The number of ether oxygens (including phenoxy) is 2. The van der Waals surface area contributed by atoms with Crippen LogP contribution >= 0.6 is 15.9 Å². The molecule has 0 fully saturated rings. The first-order chi connectivity index (χ1) is 13.6. The predicted octanol–water partition coefficient (Wildman–Crippen LogP) is 5.57. The van der Waals surface area contributed by atoms with Crippen molar-refractivity contribution in [1.29, 1.82) is 0 Å². The highest BCUT2D eigenvalue weighted by Crippen LogP contribution is 2.21. The number of hydrogen-bond acceptors (Lipinski definition) is 2. The average Bonchev–Trinajstić information content (AvgIpc) is 2.73. The van der Waals surface area contributed by atoms with Crippen LogP contribution in [0.1, 0.15) is 27.8 Å². The van der Waals surface area contributed by atoms with Crippen molar-refractivity contribution >= 4 is 15.9 Å². The van der Waals surface area contributed by atoms with Crippen molar-refractivity contribution in [3.05, 3.63) is 93.0 Å². The van der Waals surface area contributed by atoms with Crippen LogP contribution in [0.3, 0.4) is 0 Å². The van der Waals surface area contributed by atoms with Gasteiger partial charge in [-0.2, -0.15) is 0 Å². The van der Waals surface area contributed by atoms with E-state index < -0.39 is 0 Å². The van der Waals surface area contributed by atoms with E-state index in [0.29, 0.717) is 0 Å². The Morgan fingerprint density at radius 2 is 1.11 bits per heavy atom. The van der Waals surface area contributed by atoms with Gasteiger partial charge in [0.15, 0.2) is 0 Å². The molecule has 0 heterocycles. The Morgan fingerprint density at radius 1 is 0.643 bits per heavy atom. The van der Waals surface area contributed by atoms with Crippen molar-refractivity contribution in [2.75, 3.05) is 14.2 Å². The van der Waals surface area contributed by atoms with E-state index >= 15 is 0 Å². The summed E-state index contributed by atoms with van der Waals surface area (Å²) in [7, 11) is 3.30. The van der Waals surface area contributed by atoms with Crippen LogP contribution < -0.4 is 9.47 Å². The number of methoxy groups -OCH3 is 2. The second-order valence-corrected chi connectivity index (χ2v) is 6.96. The lowest BCUT2D eigenvalue weighted by Gasteiger charge is -2.03. The third kappa shape index (κ3) is 4.97. The summed E-state index contributed by atoms with van der Waals surface area (Å²) in [5.74, 6) is 14.5. The van der Waals surface area contributed by atoms with Gasteiger partial charge in [0, 0.05) is 26.7 Å². The highest BCUT2D eigenvalue weighted by atomic mass is 79.9. The molecule has 0 saturated carbocycles. The second-order valence-electron chi connectivity index (χ2n) is 6.10. The molecular formula is C25H19BrO2. The topological polar surface area (TPSA) is 18.5 Å². The van der Waals surface area contributed by atoms with Crippen LogP contribution in [0.4, 0.5) is 0 Å². The van der Waals surface area contributed by atoms with E-state index in [2.05, 4.69) is 45.7 Å². The highest BCUT2D eigenvalue weighted by Gasteiger charge is 2.03. The largest absolute Gasteiger partial charge is 0.497 e. The summed E-state index contributed by atoms with van der Waals surface area (Å²) in [6.07, 6.45) is 0. The molecule has 0 spiro atoms. The van der Waals surface area contributed by atoms with Crippen molar-refractivity contribution in [3.63, 3.8) is 0 Å². The normalized spacial score (nSPS) is 9.57. The predicted molar refractivity (Wildman–Crippen MR) is 117 cm³/mol. The van der Waals surface area contributed by atoms with Gasteiger partial charge in [-0.3, -0.25) is 0 Å². The molecular weight excluding hydrogens is 412 g/mol. The van der Waals surface area contributed by atoms with Gasteiger partial charge < -0.3 is 9.47 Å². The summed E-state index contributed by atoms with van der Waals surface area (Å²) in [6, 6.07) is 19.5. The van der Waals surface area contributed by atoms with Crippen LogP contribution in [-0.4, -0.2) is 14.2 Å². The molecule has 0 aliphatic carbocycles. The smallest absolute Gasteiger partial charge is 0.118 e. The maximum Gasteiger partial charge on any atom is 0.118 e. The first-order valence-electron chi connectivity index (χ1n) is 8.71. The van der Waals surface area contributed by atoms with Crippen LogP contribution in [0.2, 0.25) is 0 Å². The molecule has 138 valence electrons. The van der Waals surface area contributed by atoms with E-state index in [0.717, 1.165) is 43.8 Å². The number of halogens is 1. The zero-order valence-electron chi connectivity index (χ0n) is 16.0. The molecule has 3 aromatic rings. The summed E-state index contributed by atoms with van der Waals surface area (Å²) < 4.78 is 11.3. The van der Waals surface area contributed by atoms with E-state index in [1.807, 2.05) is 61.5 Å². The Balaban J connectivity index is 1.88. The zero-order chi connectivity index (χ0) is 19.9. The third-order valence-corrected chi connectivity index (χ3v) is 4.83. The number of benzene rings is 3. The van der Waals surface area contributed by atoms with Crippen LogP contribution in [0.25, 0.3) is 0 Å². The van der Waals surface area contributed by atoms with Crippen molar-refractivity contribution in [1.82, 2.24) is 0 Å². The van der Waals surface area contributed by atoms with Crippen LogP contribution in [0.15, 0.2) is 65.1 Å². The van der Waals surface area contributed by atoms with E-state index in [4.69, 9.17) is 9.47 Å². The minimum absolute atomic E-state index is 0.818. The maximum absolute atomic E-state index is 5.18. The molecule has 3 aromatic carbocycles. The fraction of sp³-hybridized carbons (Fsp3) is 0.120. The number of rotatable bonds is 2. The lowest BCUT2D eigenvalue weighted by Crippen LogP contribution is -1.88. The Kier molecular flexibility index (Phi) is 6.43. The molecule has 0 amide bonds. The van der Waals surface area contributed by atoms with E-state index in [1.54, 1.807) is 14.2 Å². The highest BCUT2D eigenvalue weighted by molar-refractivity contribution is 9.10. The third-order valence-electron chi connectivity index (χ3n) is 4.18. The Bertz CT molecular complexity index is 1000. The molecule has 0 radical (unpaired) electrons. The summed E-state index contributed by atoms with van der Waals surface area (Å²) in [4.78, 5) is 0. The van der Waals surface area contributed by atoms with Gasteiger partial charge in [0.05, 0.1) is 14.2 Å². The van der Waals surface area contributed by atoms with Gasteiger partial charge in [-0.25, -0.2) is 0 Å². The Morgan fingerprint density at radius 3 is 1.57 bits per heavy atom. The van der Waals surface area contributed by atoms with Crippen LogP contribution in [0, 0.1) is 30.6 Å². The number of aryl methyl sites for hydroxylation is 1. The van der Waals surface area contributed by atoms with Crippen LogP contribution in [-0.2, 0) is 0 Å². The lowest BCUT2D eigenvalue weighted by atomic mass is 10.0. The van der Waals surface area contributed by atoms with Crippen molar-refractivity contribution in [2.45, 2.75) is 6.92 Å². The SMILES string of the molecule is COc1ccc(C#Cc2cc(C#Cc3ccc(OC)cc3)c(Br)cc2C)cc1. The van der Waals surface area contributed by atoms with Gasteiger partial charge in [0.25, 0.3) is 0 Å². The molecule has 2 nitrogen and oxygen atoms in total. The van der Waals surface area contributed by atoms with Gasteiger partial charge in [0.2, 0.25) is 0 Å². The number of hydrogen-bond donors (Lipinski definition) is 0. The lowest BCUT2D eigenvalue weighted by molar-refractivity contribution is 0.414. The minimum Gasteiger partial charge on any atom is -0.497 e. The standard InChI is InChI=1S/C25H19BrO2/c1-18-16-25(26)22(11-5-20-8-14-24(28-3)15-9-20)17-21(18)10-4-19-6-12-23(27-2)13-7-19/h6-9,12-17H,1-3H3. The molecule has 0 aliphatic heterocycles. The first kappa shape index (κ1) is 19.6. The molecule has 0 aliphatic rings. The van der Waals surface area contributed by atoms with E-state index in [9.17, 15) is 0 Å². The molecule has 0 N–H and O–H groups in total. The van der Waals surface area contributed by atoms with Gasteiger partial charge in [-0.1, -0.05) is 23.7 Å². The molecule has 0 bridgehead atoms. The van der Waals surface area contributed by atoms with Gasteiger partial charge in [0.1, 0.15) is 11.5 Å². The maximum atomic E-state index is 5.18. The Hall–Kier alpha value is -3.14. The summed E-state index contributed by atoms with van der Waals surface area (Å²) in [5, 5.41) is 0. The van der Waals surface area contributed by atoms with Gasteiger partial charge in [-0.15, -0.1) is 0 Å². The monoisotopic (exact) mass is 430 g/mol. The Labute approximate surface area is 174 Å². The molecule has 0 saturated heterocycles. The molecule has 0 atom stereocenters. The summed E-state index contributed by atoms with van der Waals surface area (Å²) in [5.41, 5.74) is 4.83.